The largest absolute Gasteiger partial charge is 0.363 e. The molecule has 88 valence electrons. The van der Waals surface area contributed by atoms with Crippen LogP contribution in [0.5, 0.6) is 0 Å². The van der Waals surface area contributed by atoms with E-state index in [1.165, 1.54) is 6.42 Å². The molecule has 1 N–H and O–H groups in total. The van der Waals surface area contributed by atoms with E-state index in [-0.39, 0.29) is 5.60 Å². The molecule has 5 heteroatoms. The van der Waals surface area contributed by atoms with Crippen LogP contribution in [-0.2, 0) is 11.3 Å². The molecule has 0 amide bonds. The van der Waals surface area contributed by atoms with Crippen LogP contribution < -0.4 is 5.32 Å². The van der Waals surface area contributed by atoms with E-state index in [0.717, 1.165) is 18.9 Å². The third-order valence-electron chi connectivity index (χ3n) is 3.47. The second-order valence-corrected chi connectivity index (χ2v) is 5.21. The number of hydrogen-bond acceptors (Lipinski definition) is 5. The van der Waals surface area contributed by atoms with Crippen LogP contribution in [0.3, 0.4) is 0 Å². The minimum absolute atomic E-state index is 0.0541. The minimum atomic E-state index is -0.0541. The van der Waals surface area contributed by atoms with E-state index in [4.69, 9.17) is 9.26 Å². The van der Waals surface area contributed by atoms with Crippen molar-refractivity contribution in [2.24, 2.45) is 5.92 Å². The fourth-order valence-corrected chi connectivity index (χ4v) is 1.97. The lowest BCUT2D eigenvalue weighted by Crippen LogP contribution is -2.58. The van der Waals surface area contributed by atoms with E-state index in [1.54, 1.807) is 0 Å². The Labute approximate surface area is 94.6 Å². The average molecular weight is 223 g/mol. The molecule has 0 bridgehead atoms. The van der Waals surface area contributed by atoms with Crippen LogP contribution in [-0.4, -0.2) is 28.8 Å². The van der Waals surface area contributed by atoms with Crippen LogP contribution in [0.4, 0.5) is 0 Å². The Morgan fingerprint density at radius 1 is 1.56 bits per heavy atom. The first-order chi connectivity index (χ1) is 7.66. The fraction of sp³-hybridized carbons (Fsp3) is 0.818. The summed E-state index contributed by atoms with van der Waals surface area (Å²) in [5.41, 5.74) is -0.0541. The van der Waals surface area contributed by atoms with Gasteiger partial charge in [-0.1, -0.05) is 12.1 Å². The number of nitrogens with zero attached hydrogens (tertiary/aromatic N) is 2. The topological polar surface area (TPSA) is 60.2 Å². The summed E-state index contributed by atoms with van der Waals surface area (Å²) in [6.07, 6.45) is 1.18. The molecule has 5 nitrogen and oxygen atoms in total. The van der Waals surface area contributed by atoms with Crippen molar-refractivity contribution in [3.63, 3.8) is 0 Å². The standard InChI is InChI=1S/C11H17N3O2/c1-7-3-8(7)10-13-9(16-14-10)4-15-11(2)5-12-6-11/h7-8,12H,3-6H2,1-2H3. The summed E-state index contributed by atoms with van der Waals surface area (Å²) in [5.74, 6) is 2.67. The first-order valence-corrected chi connectivity index (χ1v) is 5.83. The Morgan fingerprint density at radius 3 is 2.88 bits per heavy atom. The van der Waals surface area contributed by atoms with Crippen molar-refractivity contribution in [2.75, 3.05) is 13.1 Å². The SMILES string of the molecule is CC1CC1c1noc(COC2(C)CNC2)n1. The third-order valence-corrected chi connectivity index (χ3v) is 3.47. The Hall–Kier alpha value is -0.940. The molecule has 2 atom stereocenters. The molecule has 2 unspecified atom stereocenters. The molecule has 1 aromatic heterocycles. The first-order valence-electron chi connectivity index (χ1n) is 5.83. The van der Waals surface area contributed by atoms with Gasteiger partial charge < -0.3 is 14.6 Å². The van der Waals surface area contributed by atoms with Gasteiger partial charge in [0.1, 0.15) is 6.61 Å². The molecule has 2 fully saturated rings. The van der Waals surface area contributed by atoms with E-state index < -0.39 is 0 Å². The molecule has 2 heterocycles. The zero-order valence-electron chi connectivity index (χ0n) is 9.69. The van der Waals surface area contributed by atoms with Crippen molar-refractivity contribution >= 4 is 0 Å². The molecule has 3 rings (SSSR count). The third kappa shape index (κ3) is 1.85. The lowest BCUT2D eigenvalue weighted by atomic mass is 10.0. The molecule has 1 aliphatic carbocycles. The van der Waals surface area contributed by atoms with Crippen molar-refractivity contribution in [2.45, 2.75) is 38.4 Å². The summed E-state index contributed by atoms with van der Waals surface area (Å²) < 4.78 is 10.9. The van der Waals surface area contributed by atoms with Crippen LogP contribution in [0, 0.1) is 5.92 Å². The van der Waals surface area contributed by atoms with E-state index in [2.05, 4.69) is 29.3 Å². The minimum Gasteiger partial charge on any atom is -0.363 e. The maximum atomic E-state index is 5.73. The van der Waals surface area contributed by atoms with Crippen molar-refractivity contribution in [3.8, 4) is 0 Å². The van der Waals surface area contributed by atoms with Gasteiger partial charge >= 0.3 is 0 Å². The highest BCUT2D eigenvalue weighted by molar-refractivity contribution is 5.07. The monoisotopic (exact) mass is 223 g/mol. The maximum Gasteiger partial charge on any atom is 0.252 e. The molecule has 2 aliphatic rings. The molecule has 0 aromatic carbocycles. The summed E-state index contributed by atoms with van der Waals surface area (Å²) in [5, 5.41) is 7.18. The van der Waals surface area contributed by atoms with Gasteiger partial charge in [0.2, 0.25) is 0 Å². The number of hydrogen-bond donors (Lipinski definition) is 1. The molecule has 1 aromatic rings. The van der Waals surface area contributed by atoms with Crippen molar-refractivity contribution < 1.29 is 9.26 Å². The molecular formula is C11H17N3O2. The van der Waals surface area contributed by atoms with Gasteiger partial charge in [-0.3, -0.25) is 0 Å². The van der Waals surface area contributed by atoms with E-state index >= 15 is 0 Å². The van der Waals surface area contributed by atoms with Crippen molar-refractivity contribution in [1.82, 2.24) is 15.5 Å². The molecular weight excluding hydrogens is 206 g/mol. The summed E-state index contributed by atoms with van der Waals surface area (Å²) in [4.78, 5) is 4.36. The molecule has 0 spiro atoms. The number of rotatable bonds is 4. The summed E-state index contributed by atoms with van der Waals surface area (Å²) >= 11 is 0. The summed E-state index contributed by atoms with van der Waals surface area (Å²) in [7, 11) is 0. The lowest BCUT2D eigenvalue weighted by molar-refractivity contribution is -0.0841. The Kier molecular flexibility index (Phi) is 2.26. The highest BCUT2D eigenvalue weighted by Gasteiger charge is 2.38. The first kappa shape index (κ1) is 10.2. The highest BCUT2D eigenvalue weighted by atomic mass is 16.5. The fourth-order valence-electron chi connectivity index (χ4n) is 1.97. The van der Waals surface area contributed by atoms with E-state index in [9.17, 15) is 0 Å². The Balaban J connectivity index is 1.56. The van der Waals surface area contributed by atoms with Crippen LogP contribution in [0.1, 0.15) is 37.9 Å². The molecule has 1 saturated carbocycles. The van der Waals surface area contributed by atoms with Gasteiger partial charge in [0.25, 0.3) is 5.89 Å². The highest BCUT2D eigenvalue weighted by Crippen LogP contribution is 2.45. The molecule has 0 radical (unpaired) electrons. The molecule has 1 aliphatic heterocycles. The number of nitrogens with one attached hydrogen (secondary N) is 1. The maximum absolute atomic E-state index is 5.73. The van der Waals surface area contributed by atoms with Gasteiger partial charge in [-0.2, -0.15) is 4.98 Å². The van der Waals surface area contributed by atoms with Gasteiger partial charge in [-0.15, -0.1) is 0 Å². The van der Waals surface area contributed by atoms with Crippen LogP contribution in [0.25, 0.3) is 0 Å². The van der Waals surface area contributed by atoms with E-state index in [0.29, 0.717) is 24.3 Å². The van der Waals surface area contributed by atoms with Crippen LogP contribution in [0.15, 0.2) is 4.52 Å². The average Bonchev–Trinajstić information content (AvgIpc) is 2.78. The van der Waals surface area contributed by atoms with Crippen LogP contribution >= 0.6 is 0 Å². The molecule has 16 heavy (non-hydrogen) atoms. The quantitative estimate of drug-likeness (QED) is 0.827. The van der Waals surface area contributed by atoms with Gasteiger partial charge in [0, 0.05) is 19.0 Å². The predicted molar refractivity (Wildman–Crippen MR) is 56.9 cm³/mol. The zero-order chi connectivity index (χ0) is 11.2. The smallest absolute Gasteiger partial charge is 0.252 e. The normalized spacial score (nSPS) is 31.1. The van der Waals surface area contributed by atoms with E-state index in [1.807, 2.05) is 0 Å². The van der Waals surface area contributed by atoms with Crippen LogP contribution in [0.2, 0.25) is 0 Å². The second-order valence-electron chi connectivity index (χ2n) is 5.21. The molecule has 1 saturated heterocycles. The van der Waals surface area contributed by atoms with Gasteiger partial charge in [-0.25, -0.2) is 0 Å². The van der Waals surface area contributed by atoms with Crippen molar-refractivity contribution in [3.05, 3.63) is 11.7 Å². The lowest BCUT2D eigenvalue weighted by Gasteiger charge is -2.38. The Bertz CT molecular complexity index is 386. The summed E-state index contributed by atoms with van der Waals surface area (Å²) in [6, 6.07) is 0. The van der Waals surface area contributed by atoms with Gasteiger partial charge in [-0.05, 0) is 19.3 Å². The zero-order valence-corrected chi connectivity index (χ0v) is 9.69. The Morgan fingerprint density at radius 2 is 2.31 bits per heavy atom. The van der Waals surface area contributed by atoms with Gasteiger partial charge in [0.15, 0.2) is 5.82 Å². The predicted octanol–water partition coefficient (Wildman–Crippen LogP) is 1.07. The summed E-state index contributed by atoms with van der Waals surface area (Å²) in [6.45, 7) is 6.51. The number of aromatic nitrogens is 2. The number of ether oxygens (including phenoxy) is 1. The van der Waals surface area contributed by atoms with Crippen molar-refractivity contribution in [1.29, 1.82) is 0 Å². The second kappa shape index (κ2) is 3.53. The van der Waals surface area contributed by atoms with Gasteiger partial charge in [0.05, 0.1) is 5.60 Å².